The van der Waals surface area contributed by atoms with Crippen LogP contribution in [0, 0.1) is 0 Å². The highest BCUT2D eigenvalue weighted by Gasteiger charge is 2.25. The minimum atomic E-state index is -2.28. The van der Waals surface area contributed by atoms with E-state index in [1.807, 2.05) is 37.3 Å². The maximum atomic E-state index is 12.4. The third kappa shape index (κ3) is 6.11. The first-order valence-corrected chi connectivity index (χ1v) is 8.99. The van der Waals surface area contributed by atoms with Crippen molar-refractivity contribution in [2.75, 3.05) is 19.6 Å². The molecule has 1 aromatic rings. The first-order valence-electron chi connectivity index (χ1n) is 8.11. The molecule has 1 atom stereocenters. The van der Waals surface area contributed by atoms with Crippen molar-refractivity contribution >= 4 is 17.7 Å². The molecule has 2 rings (SSSR count). The molecule has 1 aliphatic heterocycles. The van der Waals surface area contributed by atoms with Crippen LogP contribution in [0.15, 0.2) is 35.2 Å². The number of piperidine rings is 1. The van der Waals surface area contributed by atoms with Crippen molar-refractivity contribution < 1.29 is 13.6 Å². The largest absolute Gasteiger partial charge is 0.352 e. The molecule has 0 aromatic heterocycles. The second-order valence-electron chi connectivity index (χ2n) is 5.80. The van der Waals surface area contributed by atoms with E-state index in [0.29, 0.717) is 13.1 Å². The Morgan fingerprint density at radius 1 is 1.30 bits per heavy atom. The van der Waals surface area contributed by atoms with Gasteiger partial charge < -0.3 is 5.32 Å². The Balaban J connectivity index is 1.79. The van der Waals surface area contributed by atoms with E-state index in [0.717, 1.165) is 24.2 Å². The van der Waals surface area contributed by atoms with Crippen LogP contribution in [0.2, 0.25) is 0 Å². The molecule has 1 saturated heterocycles. The van der Waals surface area contributed by atoms with Gasteiger partial charge in [-0.05, 0) is 31.4 Å². The lowest BCUT2D eigenvalue weighted by molar-refractivity contribution is -0.121. The van der Waals surface area contributed by atoms with Crippen LogP contribution < -0.4 is 5.32 Å². The van der Waals surface area contributed by atoms with Gasteiger partial charge in [-0.15, -0.1) is 11.8 Å². The molecule has 0 bridgehead atoms. The lowest BCUT2D eigenvalue weighted by atomic mass is 10.0. The fraction of sp³-hybridized carbons (Fsp3) is 0.588. The highest BCUT2D eigenvalue weighted by atomic mass is 32.2. The molecular formula is C17H24F2N2OS. The summed E-state index contributed by atoms with van der Waals surface area (Å²) in [6.07, 6.45) is -0.0429. The molecule has 128 valence electrons. The van der Waals surface area contributed by atoms with Crippen molar-refractivity contribution in [2.45, 2.75) is 48.8 Å². The number of hydrogen-bond donors (Lipinski definition) is 1. The van der Waals surface area contributed by atoms with Gasteiger partial charge in [0.15, 0.2) is 0 Å². The maximum Gasteiger partial charge on any atom is 0.251 e. The molecule has 1 aromatic carbocycles. The van der Waals surface area contributed by atoms with E-state index < -0.39 is 6.43 Å². The van der Waals surface area contributed by atoms with E-state index in [1.54, 1.807) is 16.7 Å². The number of amides is 1. The second-order valence-corrected chi connectivity index (χ2v) is 7.08. The van der Waals surface area contributed by atoms with Gasteiger partial charge in [0.2, 0.25) is 5.91 Å². The molecule has 1 N–H and O–H groups in total. The van der Waals surface area contributed by atoms with Gasteiger partial charge in [-0.2, -0.15) is 0 Å². The minimum Gasteiger partial charge on any atom is -0.352 e. The Morgan fingerprint density at radius 2 is 1.96 bits per heavy atom. The summed E-state index contributed by atoms with van der Waals surface area (Å²) in [6.45, 7) is 3.09. The van der Waals surface area contributed by atoms with E-state index in [9.17, 15) is 13.6 Å². The van der Waals surface area contributed by atoms with Crippen LogP contribution in [0.5, 0.6) is 0 Å². The number of carbonyl (C=O) groups excluding carboxylic acids is 1. The average Bonchev–Trinajstić information content (AvgIpc) is 2.55. The maximum absolute atomic E-state index is 12.4. The number of benzene rings is 1. The van der Waals surface area contributed by atoms with Crippen molar-refractivity contribution in [1.82, 2.24) is 10.2 Å². The summed E-state index contributed by atoms with van der Waals surface area (Å²) in [5.74, 6) is 0.0497. The quantitative estimate of drug-likeness (QED) is 0.771. The Kier molecular flexibility index (Phi) is 7.30. The second kappa shape index (κ2) is 9.23. The SMILES string of the molecule is CC[C@H](Sc1ccccc1)C(=O)NC1CCN(CC(F)F)CC1. The third-order valence-corrected chi connectivity index (χ3v) is 5.39. The van der Waals surface area contributed by atoms with Crippen LogP contribution in [0.1, 0.15) is 26.2 Å². The number of nitrogens with one attached hydrogen (secondary N) is 1. The monoisotopic (exact) mass is 342 g/mol. The van der Waals surface area contributed by atoms with E-state index in [4.69, 9.17) is 0 Å². The molecule has 0 radical (unpaired) electrons. The number of thioether (sulfide) groups is 1. The molecule has 23 heavy (non-hydrogen) atoms. The molecule has 0 aliphatic carbocycles. The Labute approximate surface area is 140 Å². The highest BCUT2D eigenvalue weighted by molar-refractivity contribution is 8.00. The van der Waals surface area contributed by atoms with Crippen LogP contribution >= 0.6 is 11.8 Å². The van der Waals surface area contributed by atoms with Crippen molar-refractivity contribution in [3.05, 3.63) is 30.3 Å². The number of rotatable bonds is 7. The summed E-state index contributed by atoms with van der Waals surface area (Å²) >= 11 is 1.57. The smallest absolute Gasteiger partial charge is 0.251 e. The third-order valence-electron chi connectivity index (χ3n) is 4.01. The van der Waals surface area contributed by atoms with Crippen LogP contribution in [0.25, 0.3) is 0 Å². The summed E-state index contributed by atoms with van der Waals surface area (Å²) in [5, 5.41) is 2.98. The number of alkyl halides is 2. The summed E-state index contributed by atoms with van der Waals surface area (Å²) in [4.78, 5) is 15.3. The standard InChI is InChI=1S/C17H24F2N2OS/c1-2-15(23-14-6-4-3-5-7-14)17(22)20-13-8-10-21(11-9-13)12-16(18)19/h3-7,13,15-16H,2,8-12H2,1H3,(H,20,22)/t15-/m0/s1. The van der Waals surface area contributed by atoms with Crippen LogP contribution in [0.3, 0.4) is 0 Å². The van der Waals surface area contributed by atoms with Gasteiger partial charge in [0, 0.05) is 24.0 Å². The van der Waals surface area contributed by atoms with Gasteiger partial charge in [0.05, 0.1) is 11.8 Å². The van der Waals surface area contributed by atoms with Gasteiger partial charge in [0.25, 0.3) is 6.43 Å². The topological polar surface area (TPSA) is 32.3 Å². The van der Waals surface area contributed by atoms with E-state index in [-0.39, 0.29) is 23.7 Å². The minimum absolute atomic E-state index is 0.0497. The molecule has 6 heteroatoms. The van der Waals surface area contributed by atoms with E-state index in [1.165, 1.54) is 0 Å². The zero-order chi connectivity index (χ0) is 16.7. The molecule has 0 unspecified atom stereocenters. The molecule has 1 fully saturated rings. The van der Waals surface area contributed by atoms with Crippen molar-refractivity contribution in [3.63, 3.8) is 0 Å². The lowest BCUT2D eigenvalue weighted by Gasteiger charge is -2.32. The van der Waals surface area contributed by atoms with Gasteiger partial charge >= 0.3 is 0 Å². The average molecular weight is 342 g/mol. The Hall–Kier alpha value is -1.14. The molecule has 1 aliphatic rings. The number of likely N-dealkylation sites (tertiary alicyclic amines) is 1. The zero-order valence-corrected chi connectivity index (χ0v) is 14.2. The Morgan fingerprint density at radius 3 is 2.52 bits per heavy atom. The number of hydrogen-bond acceptors (Lipinski definition) is 3. The number of nitrogens with zero attached hydrogens (tertiary/aromatic N) is 1. The lowest BCUT2D eigenvalue weighted by Crippen LogP contribution is -2.47. The van der Waals surface area contributed by atoms with Crippen molar-refractivity contribution in [1.29, 1.82) is 0 Å². The molecule has 3 nitrogen and oxygen atoms in total. The van der Waals surface area contributed by atoms with Crippen LogP contribution in [0.4, 0.5) is 8.78 Å². The van der Waals surface area contributed by atoms with E-state index >= 15 is 0 Å². The summed E-state index contributed by atoms with van der Waals surface area (Å²) in [6, 6.07) is 9.99. The van der Waals surface area contributed by atoms with Crippen LogP contribution in [-0.2, 0) is 4.79 Å². The fourth-order valence-corrected chi connectivity index (χ4v) is 3.72. The Bertz CT molecular complexity index is 479. The zero-order valence-electron chi connectivity index (χ0n) is 13.4. The summed E-state index contributed by atoms with van der Waals surface area (Å²) in [5.41, 5.74) is 0. The van der Waals surface area contributed by atoms with Gasteiger partial charge in [-0.25, -0.2) is 8.78 Å². The molecule has 0 spiro atoms. The van der Waals surface area contributed by atoms with Gasteiger partial charge in [-0.3, -0.25) is 9.69 Å². The summed E-state index contributed by atoms with van der Waals surface area (Å²) in [7, 11) is 0. The first-order chi connectivity index (χ1) is 11.1. The van der Waals surface area contributed by atoms with Gasteiger partial charge in [0.1, 0.15) is 0 Å². The molecular weight excluding hydrogens is 318 g/mol. The van der Waals surface area contributed by atoms with E-state index in [2.05, 4.69) is 5.32 Å². The van der Waals surface area contributed by atoms with Crippen LogP contribution in [-0.4, -0.2) is 48.2 Å². The first kappa shape index (κ1) is 18.2. The summed E-state index contributed by atoms with van der Waals surface area (Å²) < 4.78 is 24.7. The molecule has 0 saturated carbocycles. The molecule has 1 amide bonds. The highest BCUT2D eigenvalue weighted by Crippen LogP contribution is 2.25. The fourth-order valence-electron chi connectivity index (χ4n) is 2.73. The molecule has 1 heterocycles. The van der Waals surface area contributed by atoms with Gasteiger partial charge in [-0.1, -0.05) is 25.1 Å². The van der Waals surface area contributed by atoms with Crippen molar-refractivity contribution in [3.8, 4) is 0 Å². The number of halogens is 2. The predicted octanol–water partition coefficient (Wildman–Crippen LogP) is 3.40. The van der Waals surface area contributed by atoms with Crippen molar-refractivity contribution in [2.24, 2.45) is 0 Å². The number of carbonyl (C=O) groups is 1. The normalized spacial score (nSPS) is 18.1. The predicted molar refractivity (Wildman–Crippen MR) is 90.0 cm³/mol.